The summed E-state index contributed by atoms with van der Waals surface area (Å²) in [5.41, 5.74) is 0.0639. The Morgan fingerprint density at radius 2 is 1.96 bits per heavy atom. The van der Waals surface area contributed by atoms with E-state index in [2.05, 4.69) is 0 Å². The second-order valence-electron chi connectivity index (χ2n) is 7.93. The lowest BCUT2D eigenvalue weighted by Gasteiger charge is -2.29. The zero-order valence-electron chi connectivity index (χ0n) is 16.9. The summed E-state index contributed by atoms with van der Waals surface area (Å²) in [5.74, 6) is -1.02. The van der Waals surface area contributed by atoms with Crippen molar-refractivity contribution in [1.29, 1.82) is 0 Å². The zero-order chi connectivity index (χ0) is 20.6. The molecule has 7 nitrogen and oxygen atoms in total. The van der Waals surface area contributed by atoms with Crippen molar-refractivity contribution in [3.05, 3.63) is 30.1 Å². The minimum Gasteiger partial charge on any atom is -0.481 e. The monoisotopic (exact) mass is 379 g/mol. The van der Waals surface area contributed by atoms with E-state index in [1.54, 1.807) is 43.2 Å². The summed E-state index contributed by atoms with van der Waals surface area (Å²) in [4.78, 5) is 36.7. The molecule has 0 aliphatic carbocycles. The molecule has 0 unspecified atom stereocenters. The fourth-order valence-corrected chi connectivity index (χ4v) is 3.22. The molecule has 1 aromatic rings. The van der Waals surface area contributed by atoms with Crippen LogP contribution >= 0.6 is 0 Å². The maximum atomic E-state index is 12.1. The molecule has 0 bridgehead atoms. The van der Waals surface area contributed by atoms with Crippen LogP contribution in [0.4, 0.5) is 0 Å². The molecule has 0 fully saturated rings. The third kappa shape index (κ3) is 8.19. The molecule has 7 heteroatoms. The van der Waals surface area contributed by atoms with Gasteiger partial charge in [-0.1, -0.05) is 20.8 Å². The van der Waals surface area contributed by atoms with Gasteiger partial charge in [0.25, 0.3) is 12.6 Å². The number of esters is 1. The molecule has 1 atom stereocenters. The number of carbonyl (C=O) groups excluding carboxylic acids is 2. The smallest absolute Gasteiger partial charge is 0.310 e. The Morgan fingerprint density at radius 1 is 1.30 bits per heavy atom. The summed E-state index contributed by atoms with van der Waals surface area (Å²) in [5, 5.41) is 9.14. The van der Waals surface area contributed by atoms with Gasteiger partial charge in [-0.15, -0.1) is 0 Å². The van der Waals surface area contributed by atoms with Crippen molar-refractivity contribution in [1.82, 2.24) is 4.90 Å². The molecule has 1 amide bonds. The predicted octanol–water partition coefficient (Wildman–Crippen LogP) is 2.48. The van der Waals surface area contributed by atoms with Crippen LogP contribution in [-0.2, 0) is 21.1 Å². The number of amides is 1. The SMILES string of the molecule is CC(C)C[C@](C)(CCC(=O)OC[n+]1cccc(C(=O)N(C)C)c1)CC(=O)O. The molecule has 0 saturated carbocycles. The molecule has 1 aromatic heterocycles. The summed E-state index contributed by atoms with van der Waals surface area (Å²) < 4.78 is 6.90. The quantitative estimate of drug-likeness (QED) is 0.498. The second kappa shape index (κ2) is 10.0. The second-order valence-corrected chi connectivity index (χ2v) is 7.93. The van der Waals surface area contributed by atoms with E-state index in [1.807, 2.05) is 20.8 Å². The lowest BCUT2D eigenvalue weighted by molar-refractivity contribution is -0.727. The summed E-state index contributed by atoms with van der Waals surface area (Å²) >= 11 is 0. The minimum atomic E-state index is -0.857. The van der Waals surface area contributed by atoms with Crippen molar-refractivity contribution in [2.75, 3.05) is 14.1 Å². The number of pyridine rings is 1. The minimum absolute atomic E-state index is 0.00715. The van der Waals surface area contributed by atoms with Gasteiger partial charge in [0, 0.05) is 26.6 Å². The first-order valence-corrected chi connectivity index (χ1v) is 9.10. The molecular weight excluding hydrogens is 348 g/mol. The van der Waals surface area contributed by atoms with E-state index in [4.69, 9.17) is 9.84 Å². The first-order valence-electron chi connectivity index (χ1n) is 9.10. The first-order chi connectivity index (χ1) is 12.5. The summed E-state index contributed by atoms with van der Waals surface area (Å²) in [7, 11) is 3.34. The number of rotatable bonds is 10. The van der Waals surface area contributed by atoms with Crippen molar-refractivity contribution in [3.63, 3.8) is 0 Å². The van der Waals surface area contributed by atoms with Gasteiger partial charge in [-0.05, 0) is 30.2 Å². The molecule has 0 saturated heterocycles. The zero-order valence-corrected chi connectivity index (χ0v) is 16.9. The number of hydrogen-bond acceptors (Lipinski definition) is 4. The Kier molecular flexibility index (Phi) is 8.40. The Hall–Kier alpha value is -2.44. The number of hydrogen-bond donors (Lipinski definition) is 1. The van der Waals surface area contributed by atoms with Gasteiger partial charge in [-0.2, -0.15) is 4.57 Å². The fourth-order valence-electron chi connectivity index (χ4n) is 3.22. The molecule has 27 heavy (non-hydrogen) atoms. The average Bonchev–Trinajstić information content (AvgIpc) is 2.56. The summed E-state index contributed by atoms with van der Waals surface area (Å²) in [6, 6.07) is 3.42. The highest BCUT2D eigenvalue weighted by atomic mass is 16.5. The van der Waals surface area contributed by atoms with E-state index in [0.717, 1.165) is 6.42 Å². The normalized spacial score (nSPS) is 13.1. The van der Waals surface area contributed by atoms with Gasteiger partial charge < -0.3 is 14.7 Å². The van der Waals surface area contributed by atoms with Crippen LogP contribution in [0, 0.1) is 11.3 Å². The van der Waals surface area contributed by atoms with Crippen LogP contribution in [0.1, 0.15) is 56.8 Å². The number of carboxylic acid groups (broad SMARTS) is 1. The Labute approximate surface area is 160 Å². The molecule has 0 radical (unpaired) electrons. The summed E-state index contributed by atoms with van der Waals surface area (Å²) in [6.45, 7) is 5.99. The van der Waals surface area contributed by atoms with Crippen LogP contribution in [0.15, 0.2) is 24.5 Å². The van der Waals surface area contributed by atoms with Crippen molar-refractivity contribution in [3.8, 4) is 0 Å². The molecule has 1 heterocycles. The van der Waals surface area contributed by atoms with Gasteiger partial charge in [0.1, 0.15) is 5.56 Å². The number of carboxylic acids is 1. The molecule has 0 spiro atoms. The third-order valence-corrected chi connectivity index (χ3v) is 4.30. The van der Waals surface area contributed by atoms with Crippen LogP contribution in [0.25, 0.3) is 0 Å². The highest BCUT2D eigenvalue weighted by Crippen LogP contribution is 2.35. The Morgan fingerprint density at radius 3 is 2.52 bits per heavy atom. The molecule has 1 N–H and O–H groups in total. The lowest BCUT2D eigenvalue weighted by Crippen LogP contribution is -2.37. The summed E-state index contributed by atoms with van der Waals surface area (Å²) in [6.07, 6.45) is 4.72. The molecule has 0 aliphatic rings. The standard InChI is InChI=1S/C20H30N2O5/c1-15(2)11-20(3,12-17(23)24)9-8-18(25)27-14-22-10-6-7-16(13-22)19(26)21(4)5/h6-7,10,13,15H,8-9,11-12,14H2,1-5H3/p+1/t20-/m0/s1. The van der Waals surface area contributed by atoms with E-state index in [9.17, 15) is 14.4 Å². The highest BCUT2D eigenvalue weighted by Gasteiger charge is 2.29. The van der Waals surface area contributed by atoms with E-state index in [0.29, 0.717) is 17.9 Å². The molecular formula is C20H31N2O5+. The Bertz CT molecular complexity index is 672. The van der Waals surface area contributed by atoms with E-state index < -0.39 is 11.4 Å². The van der Waals surface area contributed by atoms with Crippen LogP contribution < -0.4 is 4.57 Å². The van der Waals surface area contributed by atoms with E-state index in [-0.39, 0.29) is 31.4 Å². The third-order valence-electron chi connectivity index (χ3n) is 4.30. The van der Waals surface area contributed by atoms with Crippen LogP contribution in [0.3, 0.4) is 0 Å². The van der Waals surface area contributed by atoms with Crippen molar-refractivity contribution in [2.24, 2.45) is 11.3 Å². The van der Waals surface area contributed by atoms with E-state index >= 15 is 0 Å². The van der Waals surface area contributed by atoms with Crippen LogP contribution in [0.5, 0.6) is 0 Å². The molecule has 150 valence electrons. The van der Waals surface area contributed by atoms with Crippen LogP contribution in [0.2, 0.25) is 0 Å². The highest BCUT2D eigenvalue weighted by molar-refractivity contribution is 5.93. The number of carbonyl (C=O) groups is 3. The van der Waals surface area contributed by atoms with Crippen LogP contribution in [-0.4, -0.2) is 41.9 Å². The average molecular weight is 379 g/mol. The van der Waals surface area contributed by atoms with E-state index in [1.165, 1.54) is 4.90 Å². The first kappa shape index (κ1) is 22.6. The maximum absolute atomic E-state index is 12.1. The molecule has 1 rings (SSSR count). The number of nitrogens with zero attached hydrogens (tertiary/aromatic N) is 2. The van der Waals surface area contributed by atoms with Gasteiger partial charge in [0.15, 0.2) is 12.4 Å². The Balaban J connectivity index is 2.61. The maximum Gasteiger partial charge on any atom is 0.310 e. The van der Waals surface area contributed by atoms with Gasteiger partial charge in [0.2, 0.25) is 0 Å². The van der Waals surface area contributed by atoms with Crippen molar-refractivity contribution >= 4 is 17.8 Å². The van der Waals surface area contributed by atoms with Gasteiger partial charge in [0.05, 0.1) is 6.42 Å². The van der Waals surface area contributed by atoms with Gasteiger partial charge in [-0.25, -0.2) is 0 Å². The fraction of sp³-hybridized carbons (Fsp3) is 0.600. The molecule has 0 aliphatic heterocycles. The number of ether oxygens (including phenoxy) is 1. The number of aromatic nitrogens is 1. The number of aliphatic carboxylic acids is 1. The largest absolute Gasteiger partial charge is 0.481 e. The molecule has 0 aromatic carbocycles. The van der Waals surface area contributed by atoms with Gasteiger partial charge >= 0.3 is 11.9 Å². The predicted molar refractivity (Wildman–Crippen MR) is 99.8 cm³/mol. The van der Waals surface area contributed by atoms with Gasteiger partial charge in [-0.3, -0.25) is 14.4 Å². The lowest BCUT2D eigenvalue weighted by atomic mass is 9.76. The van der Waals surface area contributed by atoms with Crippen molar-refractivity contribution < 1.29 is 28.8 Å². The topological polar surface area (TPSA) is 87.8 Å². The van der Waals surface area contributed by atoms with Crippen molar-refractivity contribution in [2.45, 2.75) is 53.2 Å².